The molecule has 0 aromatic heterocycles. The summed E-state index contributed by atoms with van der Waals surface area (Å²) in [6.45, 7) is 12.3. The van der Waals surface area contributed by atoms with Gasteiger partial charge in [-0.25, -0.2) is 9.98 Å². The molecule has 8 aromatic rings. The van der Waals surface area contributed by atoms with Crippen LogP contribution in [0, 0.1) is 122 Å². The molecule has 14 rings (SSSR count). The number of ether oxygens (including phenoxy) is 2. The summed E-state index contributed by atoms with van der Waals surface area (Å²) in [7, 11) is 0. The molecule has 6 aliphatic rings. The standard InChI is InChI=1S/2C28H20.2C11H14NO.2C2H4O2.2Co.2Pd/c2*1-5-13-21(14-6-1)25-26(22-15-7-2-8-16-22)28(24-19-11-4-12-20-24)27(25)23-17-9-3-10-18-23;2*1-8(2)10-7-13-11(12-10)9-5-3-4-6-9;2*1-2(3)4;;;;/h2*1-20H;2*3-6,8,10H,7H2,1-2H3;2*1H3,(H,3,4);;;;. The van der Waals surface area contributed by atoms with Gasteiger partial charge >= 0.3 is 0 Å². The SMILES string of the molecule is CC(=O)O.CC(=O)O.CC(C)C1COC([C]2[CH][CH][CH][CH]2)=N1.CC(C)C1COC([C]2[CH][CH][CH][CH]2)=N1.[Co].[Co].[Pd].[Pd].c1ccc([C]2[C](c3ccccc3)[C](c3ccccc3)[C]2c2ccccc2)cc1.c1ccc([C]2[C](c3ccccc3)[C](c3ccccc3)[C]2c2ccccc2)cc1. The molecule has 0 saturated heterocycles. The summed E-state index contributed by atoms with van der Waals surface area (Å²) in [4.78, 5) is 27.0. The summed E-state index contributed by atoms with van der Waals surface area (Å²) >= 11 is 0. The number of benzene rings is 8. The fourth-order valence-corrected chi connectivity index (χ4v) is 10.8. The zero-order chi connectivity index (χ0) is 63.2. The summed E-state index contributed by atoms with van der Waals surface area (Å²) in [5, 5.41) is 14.8. The van der Waals surface area contributed by atoms with E-state index in [0.717, 1.165) is 50.7 Å². The molecule has 4 aliphatic carbocycles. The number of nitrogens with zero attached hydrogens (tertiary/aromatic N) is 2. The second kappa shape index (κ2) is 40.5. The molecule has 4 saturated carbocycles. The maximum absolute atomic E-state index is 9.00. The van der Waals surface area contributed by atoms with Crippen molar-refractivity contribution in [2.75, 3.05) is 13.2 Å². The number of aliphatic carboxylic acids is 2. The molecule has 94 heavy (non-hydrogen) atoms. The van der Waals surface area contributed by atoms with Gasteiger partial charge in [-0.2, -0.15) is 0 Å². The summed E-state index contributed by atoms with van der Waals surface area (Å²) in [6, 6.07) is 86.6. The van der Waals surface area contributed by atoms with Gasteiger partial charge in [-0.15, -0.1) is 0 Å². The molecule has 20 radical (unpaired) electrons. The quantitative estimate of drug-likeness (QED) is 0.118. The third kappa shape index (κ3) is 21.5. The van der Waals surface area contributed by atoms with Crippen molar-refractivity contribution in [2.45, 2.75) is 53.6 Å². The van der Waals surface area contributed by atoms with E-state index in [4.69, 9.17) is 29.3 Å². The summed E-state index contributed by atoms with van der Waals surface area (Å²) in [6.07, 6.45) is 16.1. The normalized spacial score (nSPS) is 18.2. The molecule has 2 aliphatic heterocycles. The van der Waals surface area contributed by atoms with E-state index in [1.54, 1.807) is 0 Å². The summed E-state index contributed by atoms with van der Waals surface area (Å²) in [5.41, 5.74) is 10.1. The van der Waals surface area contributed by atoms with Gasteiger partial charge in [-0.05, 0) is 108 Å². The number of aliphatic imine (C=N–C) groups is 2. The topological polar surface area (TPSA) is 118 Å². The largest absolute Gasteiger partial charge is 0.481 e. The van der Waals surface area contributed by atoms with E-state index in [1.807, 2.05) is 51.4 Å². The second-order valence-corrected chi connectivity index (χ2v) is 22.4. The maximum atomic E-state index is 9.00. The van der Waals surface area contributed by atoms with Crippen LogP contribution in [0.2, 0.25) is 0 Å². The summed E-state index contributed by atoms with van der Waals surface area (Å²) < 4.78 is 11.0. The van der Waals surface area contributed by atoms with Gasteiger partial charge in [0.25, 0.3) is 11.9 Å². The van der Waals surface area contributed by atoms with Crippen molar-refractivity contribution in [3.8, 4) is 0 Å². The van der Waals surface area contributed by atoms with Crippen LogP contribution >= 0.6 is 0 Å². The Morgan fingerprint density at radius 1 is 0.330 bits per heavy atom. The molecule has 2 atom stereocenters. The van der Waals surface area contributed by atoms with Crippen molar-refractivity contribution in [3.05, 3.63) is 398 Å². The van der Waals surface area contributed by atoms with Crippen LogP contribution in [-0.2, 0) is 93.5 Å². The molecular formula is C82H76Co2N2O6Pd2. The predicted molar refractivity (Wildman–Crippen MR) is 362 cm³/mol. The van der Waals surface area contributed by atoms with Gasteiger partial charge in [-0.3, -0.25) is 9.59 Å². The number of hydrogen-bond donors (Lipinski definition) is 2. The van der Waals surface area contributed by atoms with Crippen molar-refractivity contribution >= 4 is 23.7 Å². The van der Waals surface area contributed by atoms with Gasteiger partial charge in [-0.1, -0.05) is 270 Å². The first-order valence-corrected chi connectivity index (χ1v) is 30.5. The van der Waals surface area contributed by atoms with Crippen LogP contribution in [-0.4, -0.2) is 59.2 Å². The number of carbonyl (C=O) groups is 2. The van der Waals surface area contributed by atoms with Crippen LogP contribution in [0.1, 0.15) is 86.1 Å². The third-order valence-corrected chi connectivity index (χ3v) is 15.2. The minimum Gasteiger partial charge on any atom is -0.481 e. The van der Waals surface area contributed by atoms with Crippen LogP contribution < -0.4 is 0 Å². The van der Waals surface area contributed by atoms with Gasteiger partial charge in [0, 0.05) is 136 Å². The Hall–Kier alpha value is -6.02. The Bertz CT molecular complexity index is 2850. The van der Waals surface area contributed by atoms with Crippen molar-refractivity contribution in [2.24, 2.45) is 21.8 Å². The smallest absolute Gasteiger partial charge is 0.300 e. The van der Waals surface area contributed by atoms with E-state index in [0.29, 0.717) is 23.9 Å². The van der Waals surface area contributed by atoms with Crippen molar-refractivity contribution in [3.63, 3.8) is 0 Å². The fraction of sp³-hybridized carbons (Fsp3) is 0.146. The van der Waals surface area contributed by atoms with Crippen molar-refractivity contribution in [1.82, 2.24) is 0 Å². The first kappa shape index (κ1) is 78.7. The maximum Gasteiger partial charge on any atom is 0.300 e. The Morgan fingerprint density at radius 3 is 0.606 bits per heavy atom. The molecule has 4 fully saturated rings. The molecule has 0 amide bonds. The van der Waals surface area contributed by atoms with Crippen LogP contribution in [0.5, 0.6) is 0 Å². The first-order chi connectivity index (χ1) is 43.9. The molecule has 2 N–H and O–H groups in total. The molecular weight excluding hydrogens is 1440 g/mol. The number of hydrogen-bond acceptors (Lipinski definition) is 6. The van der Waals surface area contributed by atoms with Crippen molar-refractivity contribution in [1.29, 1.82) is 0 Å². The van der Waals surface area contributed by atoms with Gasteiger partial charge in [0.1, 0.15) is 13.2 Å². The molecule has 488 valence electrons. The van der Waals surface area contributed by atoms with Gasteiger partial charge in [0.15, 0.2) is 11.8 Å². The van der Waals surface area contributed by atoms with Crippen LogP contribution in [0.25, 0.3) is 0 Å². The first-order valence-electron chi connectivity index (χ1n) is 30.5. The molecule has 0 bridgehead atoms. The fourth-order valence-electron chi connectivity index (χ4n) is 10.8. The number of carboxylic acids is 2. The van der Waals surface area contributed by atoms with E-state index in [9.17, 15) is 0 Å². The van der Waals surface area contributed by atoms with Crippen LogP contribution in [0.15, 0.2) is 253 Å². The Balaban J connectivity index is 0.000000226. The Labute approximate surface area is 608 Å². The van der Waals surface area contributed by atoms with Gasteiger partial charge in [0.05, 0.1) is 23.9 Å². The number of carboxylic acid groups (broad SMARTS) is 2. The van der Waals surface area contributed by atoms with Crippen LogP contribution in [0.3, 0.4) is 0 Å². The summed E-state index contributed by atoms with van der Waals surface area (Å²) in [5.74, 6) is 13.9. The molecule has 12 heteroatoms. The zero-order valence-corrected chi connectivity index (χ0v) is 58.3. The van der Waals surface area contributed by atoms with E-state index >= 15 is 0 Å². The number of rotatable bonds is 12. The predicted octanol–water partition coefficient (Wildman–Crippen LogP) is 16.8. The van der Waals surface area contributed by atoms with E-state index < -0.39 is 11.9 Å². The van der Waals surface area contributed by atoms with Gasteiger partial charge < -0.3 is 19.7 Å². The molecule has 0 spiro atoms. The third-order valence-electron chi connectivity index (χ3n) is 15.2. The Kier molecular flexibility index (Phi) is 33.9. The molecule has 2 heterocycles. The van der Waals surface area contributed by atoms with Crippen molar-refractivity contribution < 1.29 is 104 Å². The zero-order valence-electron chi connectivity index (χ0n) is 53.2. The molecule has 8 aromatic carbocycles. The minimum atomic E-state index is -0.833. The van der Waals surface area contributed by atoms with E-state index in [-0.39, 0.29) is 74.4 Å². The minimum absolute atomic E-state index is 0. The van der Waals surface area contributed by atoms with E-state index in [1.165, 1.54) is 91.9 Å². The van der Waals surface area contributed by atoms with E-state index in [2.05, 4.69) is 280 Å². The average Bonchev–Trinajstić information content (AvgIpc) is 0.885. The Morgan fingerprint density at radius 2 is 0.479 bits per heavy atom. The molecule has 8 nitrogen and oxygen atoms in total. The monoisotopic (exact) mass is 1510 g/mol. The second-order valence-electron chi connectivity index (χ2n) is 22.4. The van der Waals surface area contributed by atoms with Gasteiger partial charge in [0.2, 0.25) is 0 Å². The van der Waals surface area contributed by atoms with Crippen LogP contribution in [0.4, 0.5) is 0 Å². The average molecular weight is 1520 g/mol. The molecule has 2 unspecified atom stereocenters.